The zero-order valence-electron chi connectivity index (χ0n) is 14.6. The number of rotatable bonds is 4. The summed E-state index contributed by atoms with van der Waals surface area (Å²) in [6.45, 7) is 3.00. The molecule has 3 rings (SSSR count). The number of alkyl halides is 2. The maximum Gasteiger partial charge on any atom is 0.344 e. The van der Waals surface area contributed by atoms with Crippen molar-refractivity contribution in [3.8, 4) is 0 Å². The zero-order chi connectivity index (χ0) is 19.3. The molecule has 1 spiro atoms. The predicted octanol–water partition coefficient (Wildman–Crippen LogP) is 1.65. The third-order valence-corrected chi connectivity index (χ3v) is 6.67. The fraction of sp³-hybridized carbons (Fsp3) is 0.750. The van der Waals surface area contributed by atoms with E-state index in [0.717, 1.165) is 12.8 Å². The Bertz CT molecular complexity index is 675. The quantitative estimate of drug-likeness (QED) is 0.420. The van der Waals surface area contributed by atoms with Gasteiger partial charge in [0, 0.05) is 6.42 Å². The fourth-order valence-electron chi connectivity index (χ4n) is 3.38. The van der Waals surface area contributed by atoms with Crippen LogP contribution in [0.5, 0.6) is 0 Å². The average Bonchev–Trinajstić information content (AvgIpc) is 3.02. The summed E-state index contributed by atoms with van der Waals surface area (Å²) in [5, 5.41) is 3.35. The van der Waals surface area contributed by atoms with E-state index in [9.17, 15) is 19.2 Å². The van der Waals surface area contributed by atoms with E-state index in [1.807, 2.05) is 0 Å². The third kappa shape index (κ3) is 3.13. The second kappa shape index (κ2) is 6.27. The van der Waals surface area contributed by atoms with Crippen molar-refractivity contribution in [2.75, 3.05) is 6.61 Å². The Labute approximate surface area is 160 Å². The molecule has 1 aliphatic heterocycles. The second-order valence-electron chi connectivity index (χ2n) is 7.66. The van der Waals surface area contributed by atoms with Gasteiger partial charge in [-0.25, -0.2) is 4.79 Å². The van der Waals surface area contributed by atoms with Crippen molar-refractivity contribution in [1.82, 2.24) is 15.8 Å². The van der Waals surface area contributed by atoms with Gasteiger partial charge in [0.2, 0.25) is 0 Å². The summed E-state index contributed by atoms with van der Waals surface area (Å²) in [5.74, 6) is -1.48. The van der Waals surface area contributed by atoms with Crippen LogP contribution in [0.1, 0.15) is 46.0 Å². The van der Waals surface area contributed by atoms with Gasteiger partial charge in [-0.05, 0) is 38.5 Å². The molecule has 10 heteroatoms. The first-order chi connectivity index (χ1) is 12.0. The van der Waals surface area contributed by atoms with Crippen molar-refractivity contribution in [1.29, 1.82) is 0 Å². The monoisotopic (exact) mass is 405 g/mol. The topological polar surface area (TPSA) is 105 Å². The number of hydrogen-bond acceptors (Lipinski definition) is 5. The predicted molar refractivity (Wildman–Crippen MR) is 92.0 cm³/mol. The van der Waals surface area contributed by atoms with Crippen LogP contribution >= 0.6 is 23.2 Å². The highest BCUT2D eigenvalue weighted by molar-refractivity contribution is 6.53. The maximum atomic E-state index is 12.6. The van der Waals surface area contributed by atoms with Crippen LogP contribution in [0.2, 0.25) is 0 Å². The number of imide groups is 1. The number of esters is 1. The molecule has 0 aromatic heterocycles. The van der Waals surface area contributed by atoms with E-state index in [0.29, 0.717) is 23.8 Å². The minimum Gasteiger partial charge on any atom is -0.455 e. The van der Waals surface area contributed by atoms with Crippen LogP contribution in [0.15, 0.2) is 0 Å². The van der Waals surface area contributed by atoms with Gasteiger partial charge < -0.3 is 10.1 Å². The van der Waals surface area contributed by atoms with Gasteiger partial charge in [-0.15, -0.1) is 23.2 Å². The minimum absolute atomic E-state index is 0.234. The molecule has 0 aromatic rings. The molecule has 26 heavy (non-hydrogen) atoms. The van der Waals surface area contributed by atoms with Crippen molar-refractivity contribution in [3.63, 3.8) is 0 Å². The Kier molecular flexibility index (Phi) is 4.63. The van der Waals surface area contributed by atoms with Gasteiger partial charge in [-0.1, -0.05) is 6.92 Å². The van der Waals surface area contributed by atoms with Crippen LogP contribution in [0.3, 0.4) is 0 Å². The van der Waals surface area contributed by atoms with Gasteiger partial charge in [0.15, 0.2) is 6.61 Å². The van der Waals surface area contributed by atoms with E-state index in [1.54, 1.807) is 6.92 Å². The molecule has 0 bridgehead atoms. The molecule has 1 saturated heterocycles. The van der Waals surface area contributed by atoms with Crippen LogP contribution < -0.4 is 10.7 Å². The number of carbonyl (C=O) groups is 4. The molecule has 1 heterocycles. The first-order valence-electron chi connectivity index (χ1n) is 8.52. The molecule has 0 aromatic carbocycles. The van der Waals surface area contributed by atoms with E-state index < -0.39 is 45.7 Å². The first kappa shape index (κ1) is 19.2. The highest BCUT2D eigenvalue weighted by Gasteiger charge is 2.69. The molecule has 3 aliphatic rings. The number of hydrogen-bond donors (Lipinski definition) is 2. The van der Waals surface area contributed by atoms with E-state index >= 15 is 0 Å². The number of ether oxygens (including phenoxy) is 1. The van der Waals surface area contributed by atoms with Gasteiger partial charge in [-0.3, -0.25) is 19.8 Å². The summed E-state index contributed by atoms with van der Waals surface area (Å²) < 4.78 is 3.71. The number of hydrazine groups is 1. The molecule has 2 N–H and O–H groups in total. The molecule has 0 unspecified atom stereocenters. The summed E-state index contributed by atoms with van der Waals surface area (Å²) in [6.07, 6.45) is 2.95. The average molecular weight is 406 g/mol. The van der Waals surface area contributed by atoms with Crippen LogP contribution in [-0.4, -0.2) is 45.3 Å². The molecule has 1 atom stereocenters. The SMILES string of the molecule is CC1CCC2(CC1)NC(=O)N(NC(=O)COC(=O)[C@]1(C)CC1(Cl)Cl)C2=O. The summed E-state index contributed by atoms with van der Waals surface area (Å²) in [6, 6.07) is -0.682. The zero-order valence-corrected chi connectivity index (χ0v) is 16.1. The normalized spacial score (nSPS) is 35.2. The van der Waals surface area contributed by atoms with Crippen molar-refractivity contribution in [2.24, 2.45) is 11.3 Å². The summed E-state index contributed by atoms with van der Waals surface area (Å²) in [4.78, 5) is 48.7. The lowest BCUT2D eigenvalue weighted by molar-refractivity contribution is -0.155. The molecule has 8 nitrogen and oxygen atoms in total. The number of urea groups is 1. The molecule has 3 fully saturated rings. The van der Waals surface area contributed by atoms with Crippen LogP contribution in [0, 0.1) is 11.3 Å². The first-order valence-corrected chi connectivity index (χ1v) is 9.28. The molecule has 2 aliphatic carbocycles. The van der Waals surface area contributed by atoms with Crippen LogP contribution in [0.25, 0.3) is 0 Å². The molecule has 4 amide bonds. The Morgan fingerprint density at radius 2 is 1.88 bits per heavy atom. The van der Waals surface area contributed by atoms with Gasteiger partial charge in [0.1, 0.15) is 15.3 Å². The summed E-state index contributed by atoms with van der Waals surface area (Å²) in [5.41, 5.74) is 0.191. The van der Waals surface area contributed by atoms with Crippen molar-refractivity contribution in [3.05, 3.63) is 0 Å². The van der Waals surface area contributed by atoms with E-state index in [2.05, 4.69) is 17.7 Å². The number of nitrogens with one attached hydrogen (secondary N) is 2. The number of halogens is 2. The largest absolute Gasteiger partial charge is 0.455 e. The van der Waals surface area contributed by atoms with Gasteiger partial charge in [-0.2, -0.15) is 5.01 Å². The van der Waals surface area contributed by atoms with Gasteiger partial charge in [0.05, 0.1) is 0 Å². The third-order valence-electron chi connectivity index (χ3n) is 5.57. The molecule has 2 saturated carbocycles. The van der Waals surface area contributed by atoms with Gasteiger partial charge >= 0.3 is 12.0 Å². The lowest BCUT2D eigenvalue weighted by atomic mass is 9.77. The minimum atomic E-state index is -1.20. The molecule has 144 valence electrons. The molecular formula is C16H21Cl2N3O5. The van der Waals surface area contributed by atoms with E-state index in [-0.39, 0.29) is 6.42 Å². The van der Waals surface area contributed by atoms with Crippen molar-refractivity contribution < 1.29 is 23.9 Å². The second-order valence-corrected chi connectivity index (χ2v) is 9.14. The number of nitrogens with zero attached hydrogens (tertiary/aromatic N) is 1. The Morgan fingerprint density at radius 1 is 1.31 bits per heavy atom. The van der Waals surface area contributed by atoms with Crippen LogP contribution in [-0.2, 0) is 19.1 Å². The smallest absolute Gasteiger partial charge is 0.344 e. The lowest BCUT2D eigenvalue weighted by Crippen LogP contribution is -2.52. The number of amides is 4. The molecule has 0 radical (unpaired) electrons. The van der Waals surface area contributed by atoms with Crippen LogP contribution in [0.4, 0.5) is 4.79 Å². The fourth-order valence-corrected chi connectivity index (χ4v) is 4.07. The highest BCUT2D eigenvalue weighted by Crippen LogP contribution is 2.64. The maximum absolute atomic E-state index is 12.6. The number of carbonyl (C=O) groups excluding carboxylic acids is 4. The standard InChI is InChI=1S/C16H21Cl2N3O5/c1-9-3-5-15(6-4-9)11(23)21(13(25)19-15)20-10(22)7-26-12(24)14(2)8-16(14,17)18/h9H,3-8H2,1-2H3,(H,19,25)(H,20,22)/t9?,14-,15?/m0/s1. The summed E-state index contributed by atoms with van der Waals surface area (Å²) >= 11 is 11.8. The van der Waals surface area contributed by atoms with E-state index in [4.69, 9.17) is 27.9 Å². The molecular weight excluding hydrogens is 385 g/mol. The Balaban J connectivity index is 1.54. The Morgan fingerprint density at radius 3 is 2.42 bits per heavy atom. The van der Waals surface area contributed by atoms with E-state index in [1.165, 1.54) is 0 Å². The van der Waals surface area contributed by atoms with Crippen molar-refractivity contribution in [2.45, 2.75) is 55.8 Å². The van der Waals surface area contributed by atoms with Gasteiger partial charge in [0.25, 0.3) is 11.8 Å². The van der Waals surface area contributed by atoms with Crippen molar-refractivity contribution >= 4 is 47.0 Å². The summed E-state index contributed by atoms with van der Waals surface area (Å²) in [7, 11) is 0. The highest BCUT2D eigenvalue weighted by atomic mass is 35.5. The lowest BCUT2D eigenvalue weighted by Gasteiger charge is -2.33. The Hall–Kier alpha value is -1.54.